The largest absolute Gasteiger partial charge is 0.466 e. The predicted octanol–water partition coefficient (Wildman–Crippen LogP) is 12.3. The van der Waals surface area contributed by atoms with Crippen LogP contribution in [0.4, 0.5) is 0 Å². The lowest BCUT2D eigenvalue weighted by molar-refractivity contribution is -0.143. The number of hydrogen-bond acceptors (Lipinski definition) is 2. The lowest BCUT2D eigenvalue weighted by Gasteiger charge is -2.07. The van der Waals surface area contributed by atoms with Gasteiger partial charge in [-0.25, -0.2) is 0 Å². The second-order valence-corrected chi connectivity index (χ2v) is 11.7. The second kappa shape index (κ2) is 31.4. The monoisotopic (exact) mass is 521 g/mol. The number of rotatable bonds is 30. The molecule has 1 unspecified atom stereocenters. The van der Waals surface area contributed by atoms with E-state index in [0.29, 0.717) is 13.0 Å². The number of esters is 1. The van der Waals surface area contributed by atoms with Crippen molar-refractivity contribution in [2.24, 2.45) is 5.92 Å². The van der Waals surface area contributed by atoms with Crippen molar-refractivity contribution >= 4 is 5.97 Å². The van der Waals surface area contributed by atoms with Crippen LogP contribution in [0.5, 0.6) is 0 Å². The Bertz CT molecular complexity index is 470. The highest BCUT2D eigenvalue weighted by molar-refractivity contribution is 5.69. The molecule has 2 nitrogen and oxygen atoms in total. The normalized spacial score (nSPS) is 12.4. The molecule has 0 aliphatic rings. The topological polar surface area (TPSA) is 26.3 Å². The van der Waals surface area contributed by atoms with Crippen LogP contribution in [0.15, 0.2) is 12.2 Å². The first kappa shape index (κ1) is 36.2. The van der Waals surface area contributed by atoms with Gasteiger partial charge in [-0.1, -0.05) is 161 Å². The van der Waals surface area contributed by atoms with Crippen molar-refractivity contribution in [3.8, 4) is 0 Å². The summed E-state index contributed by atoms with van der Waals surface area (Å²) in [5, 5.41) is 0. The molecule has 0 amide bonds. The van der Waals surface area contributed by atoms with Gasteiger partial charge in [0, 0.05) is 6.42 Å². The summed E-state index contributed by atoms with van der Waals surface area (Å²) in [5.74, 6) is 0.927. The molecule has 0 N–H and O–H groups in total. The van der Waals surface area contributed by atoms with Gasteiger partial charge in [-0.15, -0.1) is 0 Å². The van der Waals surface area contributed by atoms with Crippen molar-refractivity contribution in [3.05, 3.63) is 12.2 Å². The summed E-state index contributed by atoms with van der Waals surface area (Å²) in [6.45, 7) is 7.58. The Hall–Kier alpha value is -0.790. The van der Waals surface area contributed by atoms with Crippen molar-refractivity contribution in [1.29, 1.82) is 0 Å². The molecular weight excluding hydrogens is 452 g/mol. The van der Waals surface area contributed by atoms with E-state index in [0.717, 1.165) is 18.8 Å². The molecule has 37 heavy (non-hydrogen) atoms. The van der Waals surface area contributed by atoms with Crippen LogP contribution in [0.25, 0.3) is 0 Å². The van der Waals surface area contributed by atoms with Gasteiger partial charge in [0.1, 0.15) is 0 Å². The van der Waals surface area contributed by atoms with Crippen LogP contribution in [-0.2, 0) is 9.53 Å². The summed E-state index contributed by atoms with van der Waals surface area (Å²) in [7, 11) is 0. The van der Waals surface area contributed by atoms with Crippen LogP contribution in [0.1, 0.15) is 194 Å². The van der Waals surface area contributed by atoms with E-state index in [1.807, 2.05) is 0 Å². The molecule has 0 aromatic carbocycles. The molecular formula is C35H68O2. The minimum absolute atomic E-state index is 0.0186. The van der Waals surface area contributed by atoms with E-state index in [4.69, 9.17) is 4.74 Å². The summed E-state index contributed by atoms with van der Waals surface area (Å²) < 4.78 is 5.43. The summed E-state index contributed by atoms with van der Waals surface area (Å²) in [6, 6.07) is 0. The van der Waals surface area contributed by atoms with E-state index in [1.165, 1.54) is 154 Å². The van der Waals surface area contributed by atoms with Crippen LogP contribution in [-0.4, -0.2) is 12.6 Å². The molecule has 2 heteroatoms. The van der Waals surface area contributed by atoms with E-state index >= 15 is 0 Å². The zero-order valence-corrected chi connectivity index (χ0v) is 25.8. The molecule has 0 rings (SSSR count). The third-order valence-electron chi connectivity index (χ3n) is 7.94. The van der Waals surface area contributed by atoms with E-state index in [-0.39, 0.29) is 5.97 Å². The van der Waals surface area contributed by atoms with Crippen LogP contribution < -0.4 is 0 Å². The average Bonchev–Trinajstić information content (AvgIpc) is 2.90. The van der Waals surface area contributed by atoms with Crippen molar-refractivity contribution in [2.75, 3.05) is 6.61 Å². The Kier molecular flexibility index (Phi) is 30.8. The number of carbonyl (C=O) groups is 1. The van der Waals surface area contributed by atoms with Gasteiger partial charge in [-0.3, -0.25) is 4.79 Å². The van der Waals surface area contributed by atoms with Gasteiger partial charge >= 0.3 is 5.97 Å². The molecule has 0 aromatic heterocycles. The predicted molar refractivity (Wildman–Crippen MR) is 165 cm³/mol. The summed E-state index contributed by atoms with van der Waals surface area (Å²) >= 11 is 0. The highest BCUT2D eigenvalue weighted by Gasteiger charge is 2.03. The number of carbonyl (C=O) groups excluding carboxylic acids is 1. The Morgan fingerprint density at radius 3 is 1.51 bits per heavy atom. The zero-order chi connectivity index (χ0) is 27.1. The second-order valence-electron chi connectivity index (χ2n) is 11.7. The van der Waals surface area contributed by atoms with Crippen molar-refractivity contribution in [1.82, 2.24) is 0 Å². The summed E-state index contributed by atoms with van der Waals surface area (Å²) in [4.78, 5) is 11.9. The lowest BCUT2D eigenvalue weighted by atomic mass is 9.99. The minimum atomic E-state index is 0.0186. The number of allylic oxidation sites excluding steroid dienone is 2. The van der Waals surface area contributed by atoms with E-state index in [1.54, 1.807) is 0 Å². The molecule has 0 aliphatic carbocycles. The van der Waals surface area contributed by atoms with E-state index in [9.17, 15) is 4.79 Å². The van der Waals surface area contributed by atoms with Gasteiger partial charge in [0.15, 0.2) is 0 Å². The number of hydrogen-bond donors (Lipinski definition) is 0. The first-order valence-electron chi connectivity index (χ1n) is 17.0. The van der Waals surface area contributed by atoms with Crippen molar-refractivity contribution in [3.63, 3.8) is 0 Å². The van der Waals surface area contributed by atoms with Crippen LogP contribution in [0, 0.1) is 5.92 Å². The highest BCUT2D eigenvalue weighted by Crippen LogP contribution is 2.15. The lowest BCUT2D eigenvalue weighted by Crippen LogP contribution is -2.05. The molecule has 0 radical (unpaired) electrons. The highest BCUT2D eigenvalue weighted by atomic mass is 16.5. The van der Waals surface area contributed by atoms with Gasteiger partial charge in [0.2, 0.25) is 0 Å². The molecule has 220 valence electrons. The summed E-state index contributed by atoms with van der Waals surface area (Å²) in [6.07, 6.45) is 39.7. The van der Waals surface area contributed by atoms with Gasteiger partial charge in [-0.05, 0) is 44.4 Å². The molecule has 0 saturated heterocycles. The third-order valence-corrected chi connectivity index (χ3v) is 7.94. The fourth-order valence-corrected chi connectivity index (χ4v) is 4.99. The quantitative estimate of drug-likeness (QED) is 0.0534. The Balaban J connectivity index is 3.21. The average molecular weight is 521 g/mol. The number of ether oxygens (including phenoxy) is 1. The van der Waals surface area contributed by atoms with Crippen molar-refractivity contribution < 1.29 is 9.53 Å². The van der Waals surface area contributed by atoms with Gasteiger partial charge in [0.05, 0.1) is 6.61 Å². The van der Waals surface area contributed by atoms with E-state index in [2.05, 4.69) is 32.9 Å². The van der Waals surface area contributed by atoms with Crippen molar-refractivity contribution in [2.45, 2.75) is 194 Å². The summed E-state index contributed by atoms with van der Waals surface area (Å²) in [5.41, 5.74) is 0. The zero-order valence-electron chi connectivity index (χ0n) is 25.8. The fraction of sp³-hybridized carbons (Fsp3) is 0.914. The Morgan fingerprint density at radius 1 is 0.568 bits per heavy atom. The van der Waals surface area contributed by atoms with Gasteiger partial charge in [-0.2, -0.15) is 0 Å². The van der Waals surface area contributed by atoms with E-state index < -0.39 is 0 Å². The molecule has 1 atom stereocenters. The molecule has 0 fully saturated rings. The third kappa shape index (κ3) is 31.3. The Labute approximate surface area is 234 Å². The van der Waals surface area contributed by atoms with Crippen LogP contribution in [0.2, 0.25) is 0 Å². The van der Waals surface area contributed by atoms with Crippen LogP contribution in [0.3, 0.4) is 0 Å². The minimum Gasteiger partial charge on any atom is -0.466 e. The first-order chi connectivity index (χ1) is 18.2. The molecule has 0 heterocycles. The Morgan fingerprint density at radius 2 is 1.00 bits per heavy atom. The molecule has 0 saturated carbocycles. The number of unbranched alkanes of at least 4 members (excludes halogenated alkanes) is 21. The molecule has 0 aromatic rings. The molecule has 0 aliphatic heterocycles. The molecule has 0 spiro atoms. The molecule has 0 bridgehead atoms. The maximum atomic E-state index is 11.9. The first-order valence-corrected chi connectivity index (χ1v) is 17.0. The maximum absolute atomic E-state index is 11.9. The SMILES string of the molecule is CCCCCCCCC=CCCCCCCCCCC(=O)OCCCCCCCCCCCC(C)CC. The van der Waals surface area contributed by atoms with Crippen LogP contribution >= 0.6 is 0 Å². The van der Waals surface area contributed by atoms with Gasteiger partial charge < -0.3 is 4.74 Å². The maximum Gasteiger partial charge on any atom is 0.305 e. The fourth-order valence-electron chi connectivity index (χ4n) is 4.99. The smallest absolute Gasteiger partial charge is 0.305 e. The standard InChI is InChI=1S/C35H68O2/c1-4-6-7-8-9-10-11-12-13-14-15-16-17-20-23-26-29-32-35(36)37-33-30-27-24-21-18-19-22-25-28-31-34(3)5-2/h12-13,34H,4-11,14-33H2,1-3H3. The van der Waals surface area contributed by atoms with Gasteiger partial charge in [0.25, 0.3) is 0 Å².